The average Bonchev–Trinajstić information content (AvgIpc) is 3.78. The third kappa shape index (κ3) is 4.94. The molecule has 0 bridgehead atoms. The van der Waals surface area contributed by atoms with E-state index in [1.807, 2.05) is 84.9 Å². The van der Waals surface area contributed by atoms with Crippen LogP contribution in [0.2, 0.25) is 0 Å². The summed E-state index contributed by atoms with van der Waals surface area (Å²) in [5, 5.41) is 13.1. The Balaban J connectivity index is 1.47. The molecule has 11 heteroatoms. The number of carbonyl (C=O) groups is 2. The van der Waals surface area contributed by atoms with Crippen LogP contribution in [0.15, 0.2) is 89.9 Å². The van der Waals surface area contributed by atoms with Crippen molar-refractivity contribution in [2.24, 2.45) is 4.99 Å². The van der Waals surface area contributed by atoms with Crippen molar-refractivity contribution in [3.05, 3.63) is 101 Å². The quantitative estimate of drug-likeness (QED) is 0.314. The highest BCUT2D eigenvalue weighted by Gasteiger charge is 2.27. The summed E-state index contributed by atoms with van der Waals surface area (Å²) < 4.78 is 8.69. The smallest absolute Gasteiger partial charge is 0.301 e. The van der Waals surface area contributed by atoms with Crippen LogP contribution in [0.5, 0.6) is 5.75 Å². The number of likely N-dealkylation sites (tertiary alicyclic amines) is 1. The Labute approximate surface area is 233 Å². The highest BCUT2D eigenvalue weighted by molar-refractivity contribution is 7.04. The highest BCUT2D eigenvalue weighted by Crippen LogP contribution is 2.26. The Morgan fingerprint density at radius 3 is 2.20 bits per heavy atom. The summed E-state index contributed by atoms with van der Waals surface area (Å²) in [6, 6.07) is 26.2. The Morgan fingerprint density at radius 1 is 0.850 bits per heavy atom. The first-order valence-corrected chi connectivity index (χ1v) is 13.6. The Bertz CT molecular complexity index is 1720. The van der Waals surface area contributed by atoms with Gasteiger partial charge < -0.3 is 9.64 Å². The van der Waals surface area contributed by atoms with E-state index in [1.54, 1.807) is 20.8 Å². The van der Waals surface area contributed by atoms with E-state index in [4.69, 9.17) is 4.74 Å². The van der Waals surface area contributed by atoms with Gasteiger partial charge in [0.2, 0.25) is 0 Å². The lowest BCUT2D eigenvalue weighted by Crippen LogP contribution is -2.31. The second-order valence-electron chi connectivity index (χ2n) is 9.13. The lowest BCUT2D eigenvalue weighted by molar-refractivity contribution is 0.0785. The van der Waals surface area contributed by atoms with Crippen molar-refractivity contribution in [2.75, 3.05) is 20.2 Å². The zero-order chi connectivity index (χ0) is 27.5. The molecule has 0 aliphatic carbocycles. The zero-order valence-corrected chi connectivity index (χ0v) is 22.5. The standard InChI is InChI=1S/C29H25N7O3S/c1-39-23-16-14-22(15-17-23)36-32-25(29(38)34-18-8-9-19-34)28(40-36)30-27(37)24-26(20-10-4-2-5-11-20)35(33-31-24)21-12-6-3-7-13-21/h2-7,10-17H,8-9,18-19H2,1H3. The molecule has 5 aromatic rings. The predicted molar refractivity (Wildman–Crippen MR) is 150 cm³/mol. The number of hydrogen-bond acceptors (Lipinski definition) is 7. The van der Waals surface area contributed by atoms with E-state index in [0.717, 1.165) is 41.3 Å². The third-order valence-electron chi connectivity index (χ3n) is 6.58. The van der Waals surface area contributed by atoms with Gasteiger partial charge in [0.25, 0.3) is 5.91 Å². The van der Waals surface area contributed by atoms with Gasteiger partial charge >= 0.3 is 5.91 Å². The van der Waals surface area contributed by atoms with Crippen LogP contribution in [0.3, 0.4) is 0 Å². The number of rotatable bonds is 6. The second kappa shape index (κ2) is 11.1. The number of methoxy groups -OCH3 is 1. The molecule has 3 aromatic carbocycles. The molecule has 2 aromatic heterocycles. The molecular formula is C29H25N7O3S. The summed E-state index contributed by atoms with van der Waals surface area (Å²) in [5.41, 5.74) is 2.97. The van der Waals surface area contributed by atoms with Crippen molar-refractivity contribution in [1.82, 2.24) is 29.1 Å². The van der Waals surface area contributed by atoms with Crippen LogP contribution in [0, 0.1) is 0 Å². The van der Waals surface area contributed by atoms with E-state index >= 15 is 0 Å². The van der Waals surface area contributed by atoms with Crippen LogP contribution in [0.4, 0.5) is 0 Å². The molecular weight excluding hydrogens is 526 g/mol. The maximum atomic E-state index is 13.7. The second-order valence-corrected chi connectivity index (χ2v) is 10.0. The maximum Gasteiger partial charge on any atom is 0.301 e. The number of para-hydroxylation sites is 1. The number of ether oxygens (including phenoxy) is 1. The molecule has 40 heavy (non-hydrogen) atoms. The van der Waals surface area contributed by atoms with E-state index < -0.39 is 5.91 Å². The van der Waals surface area contributed by atoms with Gasteiger partial charge in [0.05, 0.1) is 18.5 Å². The zero-order valence-electron chi connectivity index (χ0n) is 21.7. The number of carbonyl (C=O) groups excluding carboxylic acids is 2. The topological polar surface area (TPSA) is 108 Å². The summed E-state index contributed by atoms with van der Waals surface area (Å²) in [7, 11) is 1.60. The van der Waals surface area contributed by atoms with Gasteiger partial charge in [-0.25, -0.2) is 4.68 Å². The first-order valence-electron chi connectivity index (χ1n) is 12.8. The van der Waals surface area contributed by atoms with Crippen LogP contribution in [-0.4, -0.2) is 61.1 Å². The van der Waals surface area contributed by atoms with Crippen LogP contribution in [-0.2, 0) is 0 Å². The number of hydrogen-bond donors (Lipinski definition) is 0. The van der Waals surface area contributed by atoms with E-state index in [0.29, 0.717) is 24.5 Å². The van der Waals surface area contributed by atoms with E-state index in [-0.39, 0.29) is 22.0 Å². The molecule has 1 fully saturated rings. The van der Waals surface area contributed by atoms with Gasteiger partial charge in [-0.05, 0) is 60.8 Å². The summed E-state index contributed by atoms with van der Waals surface area (Å²) in [4.78, 5) is 33.3. The van der Waals surface area contributed by atoms with Crippen LogP contribution < -0.4 is 9.41 Å². The first kappa shape index (κ1) is 25.4. The fourth-order valence-corrected chi connectivity index (χ4v) is 5.40. The molecule has 1 saturated heterocycles. The Kier molecular flexibility index (Phi) is 7.02. The molecule has 0 spiro atoms. The molecule has 0 atom stereocenters. The molecule has 1 aliphatic heterocycles. The van der Waals surface area contributed by atoms with Crippen molar-refractivity contribution in [2.45, 2.75) is 12.8 Å². The van der Waals surface area contributed by atoms with Crippen LogP contribution >= 0.6 is 11.5 Å². The lowest BCUT2D eigenvalue weighted by atomic mass is 10.1. The molecule has 2 amide bonds. The minimum absolute atomic E-state index is 0.0824. The minimum atomic E-state index is -0.609. The largest absolute Gasteiger partial charge is 0.497 e. The SMILES string of the molecule is COc1ccc(-n2nc(C(=O)N3CCCC3)c(=NC(=O)c3nnn(-c4ccccc4)c3-c3ccccc3)s2)cc1. The summed E-state index contributed by atoms with van der Waals surface area (Å²) >= 11 is 1.12. The number of nitrogens with zero attached hydrogens (tertiary/aromatic N) is 7. The fraction of sp³-hybridized carbons (Fsp3) is 0.172. The average molecular weight is 552 g/mol. The summed E-state index contributed by atoms with van der Waals surface area (Å²) in [6.07, 6.45) is 1.87. The van der Waals surface area contributed by atoms with Crippen molar-refractivity contribution in [1.29, 1.82) is 0 Å². The Morgan fingerprint density at radius 2 is 1.52 bits per heavy atom. The van der Waals surface area contributed by atoms with Crippen molar-refractivity contribution >= 4 is 23.3 Å². The highest BCUT2D eigenvalue weighted by atomic mass is 32.1. The molecule has 0 radical (unpaired) electrons. The summed E-state index contributed by atoms with van der Waals surface area (Å²) in [5.74, 6) is -0.157. The van der Waals surface area contributed by atoms with Gasteiger partial charge in [-0.3, -0.25) is 9.59 Å². The lowest BCUT2D eigenvalue weighted by Gasteiger charge is -2.12. The van der Waals surface area contributed by atoms with Gasteiger partial charge in [-0.15, -0.1) is 10.2 Å². The first-order chi connectivity index (χ1) is 19.6. The van der Waals surface area contributed by atoms with Crippen molar-refractivity contribution in [3.63, 3.8) is 0 Å². The van der Waals surface area contributed by atoms with Gasteiger partial charge in [0.1, 0.15) is 11.4 Å². The van der Waals surface area contributed by atoms with Crippen molar-refractivity contribution in [3.8, 4) is 28.4 Å². The molecule has 0 unspecified atom stereocenters. The van der Waals surface area contributed by atoms with E-state index in [2.05, 4.69) is 20.4 Å². The molecule has 3 heterocycles. The normalized spacial score (nSPS) is 13.5. The number of aromatic nitrogens is 5. The number of amides is 2. The molecule has 10 nitrogen and oxygen atoms in total. The van der Waals surface area contributed by atoms with Gasteiger partial charge in [-0.2, -0.15) is 9.06 Å². The van der Waals surface area contributed by atoms with Gasteiger partial charge in [0, 0.05) is 18.7 Å². The van der Waals surface area contributed by atoms with Crippen LogP contribution in [0.25, 0.3) is 22.6 Å². The Hall–Kier alpha value is -4.90. The molecule has 0 N–H and O–H groups in total. The minimum Gasteiger partial charge on any atom is -0.497 e. The maximum absolute atomic E-state index is 13.7. The summed E-state index contributed by atoms with van der Waals surface area (Å²) in [6.45, 7) is 1.30. The monoisotopic (exact) mass is 551 g/mol. The van der Waals surface area contributed by atoms with Gasteiger partial charge in [-0.1, -0.05) is 53.7 Å². The predicted octanol–water partition coefficient (Wildman–Crippen LogP) is 4.17. The molecule has 200 valence electrons. The van der Waals surface area contributed by atoms with Crippen molar-refractivity contribution < 1.29 is 14.3 Å². The number of benzene rings is 3. The van der Waals surface area contributed by atoms with Crippen LogP contribution in [0.1, 0.15) is 33.8 Å². The molecule has 0 saturated carbocycles. The van der Waals surface area contributed by atoms with E-state index in [9.17, 15) is 9.59 Å². The molecule has 6 rings (SSSR count). The fourth-order valence-electron chi connectivity index (χ4n) is 4.55. The van der Waals surface area contributed by atoms with Gasteiger partial charge in [0.15, 0.2) is 16.1 Å². The van der Waals surface area contributed by atoms with E-state index in [1.165, 1.54) is 0 Å². The molecule has 1 aliphatic rings. The third-order valence-corrected chi connectivity index (χ3v) is 7.50.